The number of para-hydroxylation sites is 2. The van der Waals surface area contributed by atoms with E-state index in [1.807, 2.05) is 31.2 Å². The maximum atomic E-state index is 12.5. The summed E-state index contributed by atoms with van der Waals surface area (Å²) in [5.74, 6) is 2.07. The fraction of sp³-hybridized carbons (Fsp3) is 0.632. The van der Waals surface area contributed by atoms with Crippen molar-refractivity contribution in [3.8, 4) is 11.5 Å². The number of hydrogen-bond acceptors (Lipinski definition) is 4. The van der Waals surface area contributed by atoms with Gasteiger partial charge in [0.2, 0.25) is 0 Å². The summed E-state index contributed by atoms with van der Waals surface area (Å²) in [7, 11) is 2.21. The number of ketones is 1. The minimum atomic E-state index is 0.231. The predicted molar refractivity (Wildman–Crippen MR) is 90.0 cm³/mol. The zero-order chi connectivity index (χ0) is 16.2. The largest absolute Gasteiger partial charge is 0.490 e. The highest BCUT2D eigenvalue weighted by Gasteiger charge is 2.40. The molecular weight excluding hydrogens is 290 g/mol. The van der Waals surface area contributed by atoms with Crippen molar-refractivity contribution in [1.82, 2.24) is 4.90 Å². The lowest BCUT2D eigenvalue weighted by atomic mass is 9.86. The van der Waals surface area contributed by atoms with Crippen LogP contribution in [0.5, 0.6) is 11.5 Å². The lowest BCUT2D eigenvalue weighted by Crippen LogP contribution is -2.42. The first-order chi connectivity index (χ1) is 11.2. The number of benzene rings is 1. The van der Waals surface area contributed by atoms with Crippen LogP contribution < -0.4 is 9.47 Å². The number of fused-ring (bicyclic) bond motifs is 2. The van der Waals surface area contributed by atoms with Gasteiger partial charge < -0.3 is 14.4 Å². The monoisotopic (exact) mass is 317 g/mol. The summed E-state index contributed by atoms with van der Waals surface area (Å²) in [6.07, 6.45) is 5.06. The van der Waals surface area contributed by atoms with Gasteiger partial charge in [0.1, 0.15) is 5.78 Å². The molecule has 3 rings (SSSR count). The maximum absolute atomic E-state index is 12.5. The smallest absolute Gasteiger partial charge is 0.161 e. The van der Waals surface area contributed by atoms with Gasteiger partial charge in [-0.25, -0.2) is 0 Å². The Kier molecular flexibility index (Phi) is 5.21. The van der Waals surface area contributed by atoms with Crippen LogP contribution in [0.25, 0.3) is 0 Å². The van der Waals surface area contributed by atoms with Crippen molar-refractivity contribution in [2.45, 2.75) is 51.1 Å². The molecule has 2 fully saturated rings. The van der Waals surface area contributed by atoms with Gasteiger partial charge in [-0.05, 0) is 51.8 Å². The predicted octanol–water partition coefficient (Wildman–Crippen LogP) is 3.30. The highest BCUT2D eigenvalue weighted by Crippen LogP contribution is 2.38. The maximum Gasteiger partial charge on any atom is 0.161 e. The van der Waals surface area contributed by atoms with E-state index in [1.165, 1.54) is 12.8 Å². The fourth-order valence-electron chi connectivity index (χ4n) is 3.98. The van der Waals surface area contributed by atoms with E-state index >= 15 is 0 Å². The third-order valence-electron chi connectivity index (χ3n) is 5.31. The normalized spacial score (nSPS) is 27.0. The molecule has 0 N–H and O–H groups in total. The van der Waals surface area contributed by atoms with E-state index in [1.54, 1.807) is 0 Å². The van der Waals surface area contributed by atoms with Crippen molar-refractivity contribution >= 4 is 5.78 Å². The van der Waals surface area contributed by atoms with Crippen LogP contribution in [-0.4, -0.2) is 43.0 Å². The molecule has 1 aromatic carbocycles. The summed E-state index contributed by atoms with van der Waals surface area (Å²) >= 11 is 0. The lowest BCUT2D eigenvalue weighted by molar-refractivity contribution is -0.125. The molecule has 0 radical (unpaired) electrons. The van der Waals surface area contributed by atoms with E-state index in [-0.39, 0.29) is 5.92 Å². The fourth-order valence-corrected chi connectivity index (χ4v) is 3.98. The van der Waals surface area contributed by atoms with Crippen molar-refractivity contribution in [3.05, 3.63) is 24.3 Å². The Balaban J connectivity index is 1.48. The minimum absolute atomic E-state index is 0.231. The second-order valence-corrected chi connectivity index (χ2v) is 6.66. The van der Waals surface area contributed by atoms with Gasteiger partial charge in [0.05, 0.1) is 13.2 Å². The quantitative estimate of drug-likeness (QED) is 0.773. The molecule has 2 saturated heterocycles. The van der Waals surface area contributed by atoms with E-state index in [2.05, 4.69) is 11.9 Å². The molecule has 2 aliphatic heterocycles. The van der Waals surface area contributed by atoms with E-state index in [0.717, 1.165) is 24.3 Å². The topological polar surface area (TPSA) is 38.8 Å². The third kappa shape index (κ3) is 3.69. The van der Waals surface area contributed by atoms with Crippen molar-refractivity contribution < 1.29 is 14.3 Å². The van der Waals surface area contributed by atoms with Crippen molar-refractivity contribution in [3.63, 3.8) is 0 Å². The van der Waals surface area contributed by atoms with Gasteiger partial charge >= 0.3 is 0 Å². The van der Waals surface area contributed by atoms with Crippen LogP contribution in [0.4, 0.5) is 0 Å². The van der Waals surface area contributed by atoms with Crippen molar-refractivity contribution in [1.29, 1.82) is 0 Å². The molecule has 2 heterocycles. The summed E-state index contributed by atoms with van der Waals surface area (Å²) in [6, 6.07) is 8.87. The Morgan fingerprint density at radius 2 is 1.74 bits per heavy atom. The second kappa shape index (κ2) is 7.35. The van der Waals surface area contributed by atoms with Gasteiger partial charge in [-0.3, -0.25) is 4.79 Å². The number of rotatable bonds is 7. The Morgan fingerprint density at radius 3 is 2.35 bits per heavy atom. The van der Waals surface area contributed by atoms with E-state index in [0.29, 0.717) is 37.5 Å². The molecule has 2 atom stereocenters. The summed E-state index contributed by atoms with van der Waals surface area (Å²) in [4.78, 5) is 15.0. The highest BCUT2D eigenvalue weighted by molar-refractivity contribution is 5.81. The van der Waals surface area contributed by atoms with Gasteiger partial charge in [-0.15, -0.1) is 0 Å². The molecular formula is C19H27NO3. The molecule has 0 spiro atoms. The number of hydrogen-bond donors (Lipinski definition) is 0. The zero-order valence-electron chi connectivity index (χ0n) is 14.2. The average Bonchev–Trinajstić information content (AvgIpc) is 2.77. The molecule has 2 bridgehead atoms. The Hall–Kier alpha value is -1.55. The zero-order valence-corrected chi connectivity index (χ0v) is 14.2. The van der Waals surface area contributed by atoms with Gasteiger partial charge in [0.25, 0.3) is 0 Å². The third-order valence-corrected chi connectivity index (χ3v) is 5.31. The number of piperidine rings is 1. The Bertz CT molecular complexity index is 531. The first-order valence-electron chi connectivity index (χ1n) is 8.78. The second-order valence-electron chi connectivity index (χ2n) is 6.66. The minimum Gasteiger partial charge on any atom is -0.490 e. The summed E-state index contributed by atoms with van der Waals surface area (Å²) in [6.45, 7) is 3.00. The first kappa shape index (κ1) is 16.3. The van der Waals surface area contributed by atoms with Gasteiger partial charge in [-0.1, -0.05) is 12.1 Å². The first-order valence-corrected chi connectivity index (χ1v) is 8.78. The molecule has 126 valence electrons. The molecule has 0 amide bonds. The van der Waals surface area contributed by atoms with Crippen molar-refractivity contribution in [2.24, 2.45) is 5.92 Å². The van der Waals surface area contributed by atoms with Gasteiger partial charge in [-0.2, -0.15) is 0 Å². The summed E-state index contributed by atoms with van der Waals surface area (Å²) < 4.78 is 11.3. The van der Waals surface area contributed by atoms with Crippen molar-refractivity contribution in [2.75, 3.05) is 20.3 Å². The number of carbonyl (C=O) groups excluding carboxylic acids is 1. The van der Waals surface area contributed by atoms with E-state index < -0.39 is 0 Å². The molecule has 2 unspecified atom stereocenters. The standard InChI is InChI=1S/C19H27NO3/c1-3-22-18-6-4-5-7-19(18)23-11-10-17(21)14-12-15-8-9-16(13-14)20(15)2/h4-7,14-16H,3,8-13H2,1-2H3. The van der Waals surface area contributed by atoms with E-state index in [4.69, 9.17) is 9.47 Å². The highest BCUT2D eigenvalue weighted by atomic mass is 16.5. The molecule has 2 aliphatic rings. The average molecular weight is 317 g/mol. The van der Waals surface area contributed by atoms with Crippen LogP contribution in [0, 0.1) is 5.92 Å². The van der Waals surface area contributed by atoms with Crippen LogP contribution in [0.2, 0.25) is 0 Å². The molecule has 0 aliphatic carbocycles. The molecule has 23 heavy (non-hydrogen) atoms. The summed E-state index contributed by atoms with van der Waals surface area (Å²) in [5.41, 5.74) is 0. The van der Waals surface area contributed by atoms with Gasteiger partial charge in [0.15, 0.2) is 11.5 Å². The van der Waals surface area contributed by atoms with Crippen LogP contribution in [0.1, 0.15) is 39.0 Å². The molecule has 4 nitrogen and oxygen atoms in total. The van der Waals surface area contributed by atoms with Crippen LogP contribution >= 0.6 is 0 Å². The van der Waals surface area contributed by atoms with E-state index in [9.17, 15) is 4.79 Å². The van der Waals surface area contributed by atoms with Crippen LogP contribution in [0.15, 0.2) is 24.3 Å². The molecule has 1 aromatic rings. The van der Waals surface area contributed by atoms with Crippen LogP contribution in [0.3, 0.4) is 0 Å². The lowest BCUT2D eigenvalue weighted by Gasteiger charge is -2.35. The molecule has 4 heteroatoms. The number of carbonyl (C=O) groups is 1. The SMILES string of the molecule is CCOc1ccccc1OCCC(=O)C1CC2CCC(C1)N2C. The molecule has 0 saturated carbocycles. The number of nitrogens with zero attached hydrogens (tertiary/aromatic N) is 1. The number of Topliss-reactive ketones (excluding diaryl/α,β-unsaturated/α-hetero) is 1. The Morgan fingerprint density at radius 1 is 1.13 bits per heavy atom. The molecule has 0 aromatic heterocycles. The number of ether oxygens (including phenoxy) is 2. The van der Waals surface area contributed by atoms with Crippen LogP contribution in [-0.2, 0) is 4.79 Å². The summed E-state index contributed by atoms with van der Waals surface area (Å²) in [5, 5.41) is 0. The Labute approximate surface area is 138 Å². The van der Waals surface area contributed by atoms with Gasteiger partial charge in [0, 0.05) is 24.4 Å².